The van der Waals surface area contributed by atoms with Crippen LogP contribution in [0.25, 0.3) is 0 Å². The summed E-state index contributed by atoms with van der Waals surface area (Å²) in [7, 11) is 3.99. The van der Waals surface area contributed by atoms with E-state index in [1.807, 2.05) is 67.7 Å². The van der Waals surface area contributed by atoms with E-state index in [9.17, 15) is 4.79 Å². The van der Waals surface area contributed by atoms with Crippen molar-refractivity contribution in [3.8, 4) is 5.75 Å². The highest BCUT2D eigenvalue weighted by atomic mass is 16.5. The van der Waals surface area contributed by atoms with Gasteiger partial charge in [0, 0.05) is 26.1 Å². The van der Waals surface area contributed by atoms with Crippen LogP contribution in [0.1, 0.15) is 34.0 Å². The zero-order valence-electron chi connectivity index (χ0n) is 19.0. The Morgan fingerprint density at radius 3 is 2.28 bits per heavy atom. The lowest BCUT2D eigenvalue weighted by Gasteiger charge is -2.22. The molecule has 3 rings (SSSR count). The van der Waals surface area contributed by atoms with E-state index in [2.05, 4.69) is 46.8 Å². The smallest absolute Gasteiger partial charge is 0.255 e. The monoisotopic (exact) mass is 431 g/mol. The van der Waals surface area contributed by atoms with Gasteiger partial charge in [-0.25, -0.2) is 0 Å². The third-order valence-electron chi connectivity index (χ3n) is 5.30. The van der Waals surface area contributed by atoms with Crippen LogP contribution in [0.5, 0.6) is 5.75 Å². The Labute approximate surface area is 191 Å². The predicted octanol–water partition coefficient (Wildman–Crippen LogP) is 4.28. The average Bonchev–Trinajstić information content (AvgIpc) is 2.83. The first-order valence-corrected chi connectivity index (χ1v) is 11.1. The standard InChI is InChI=1S/C27H33N3O2/c1-28-18-17-25(23-13-7-4-8-14-23)32-26-16-10-9-15-24(26)27(31)29-19-20-30(2)21-22-11-5-3-6-12-22/h3-16,25,28H,17-21H2,1-2H3,(H,29,31). The van der Waals surface area contributed by atoms with Crippen LogP contribution >= 0.6 is 0 Å². The molecule has 1 atom stereocenters. The molecule has 2 N–H and O–H groups in total. The van der Waals surface area contributed by atoms with Gasteiger partial charge in [-0.3, -0.25) is 4.79 Å². The van der Waals surface area contributed by atoms with Gasteiger partial charge in [0.2, 0.25) is 0 Å². The number of carbonyl (C=O) groups is 1. The summed E-state index contributed by atoms with van der Waals surface area (Å²) in [5, 5.41) is 6.22. The summed E-state index contributed by atoms with van der Waals surface area (Å²) in [4.78, 5) is 15.1. The van der Waals surface area contributed by atoms with Gasteiger partial charge in [0.25, 0.3) is 5.91 Å². The van der Waals surface area contributed by atoms with E-state index in [0.717, 1.165) is 31.6 Å². The Kier molecular flexibility index (Phi) is 9.29. The lowest BCUT2D eigenvalue weighted by atomic mass is 10.1. The summed E-state index contributed by atoms with van der Waals surface area (Å²) in [6.45, 7) is 3.00. The van der Waals surface area contributed by atoms with Crippen molar-refractivity contribution in [3.05, 3.63) is 102 Å². The fourth-order valence-corrected chi connectivity index (χ4v) is 3.58. The molecule has 5 heteroatoms. The molecule has 32 heavy (non-hydrogen) atoms. The minimum atomic E-state index is -0.130. The van der Waals surface area contributed by atoms with Gasteiger partial charge in [0.1, 0.15) is 11.9 Å². The van der Waals surface area contributed by atoms with Gasteiger partial charge >= 0.3 is 0 Å². The Morgan fingerprint density at radius 2 is 1.56 bits per heavy atom. The van der Waals surface area contributed by atoms with E-state index in [0.29, 0.717) is 17.9 Å². The van der Waals surface area contributed by atoms with Crippen LogP contribution in [-0.2, 0) is 6.54 Å². The number of amides is 1. The van der Waals surface area contributed by atoms with Crippen LogP contribution in [0.3, 0.4) is 0 Å². The number of rotatable bonds is 12. The van der Waals surface area contributed by atoms with Gasteiger partial charge in [0.05, 0.1) is 5.56 Å². The molecule has 1 amide bonds. The maximum absolute atomic E-state index is 12.9. The highest BCUT2D eigenvalue weighted by Gasteiger charge is 2.18. The number of para-hydroxylation sites is 1. The van der Waals surface area contributed by atoms with E-state index in [4.69, 9.17) is 4.74 Å². The maximum atomic E-state index is 12.9. The van der Waals surface area contributed by atoms with Crippen molar-refractivity contribution < 1.29 is 9.53 Å². The number of hydrogen-bond donors (Lipinski definition) is 2. The zero-order valence-corrected chi connectivity index (χ0v) is 19.0. The van der Waals surface area contributed by atoms with E-state index in [1.165, 1.54) is 5.56 Å². The number of nitrogens with one attached hydrogen (secondary N) is 2. The van der Waals surface area contributed by atoms with E-state index in [-0.39, 0.29) is 12.0 Å². The topological polar surface area (TPSA) is 53.6 Å². The molecular weight excluding hydrogens is 398 g/mol. The normalized spacial score (nSPS) is 11.8. The number of carbonyl (C=O) groups excluding carboxylic acids is 1. The van der Waals surface area contributed by atoms with Crippen LogP contribution < -0.4 is 15.4 Å². The third-order valence-corrected chi connectivity index (χ3v) is 5.30. The molecule has 0 heterocycles. The predicted molar refractivity (Wildman–Crippen MR) is 130 cm³/mol. The van der Waals surface area contributed by atoms with E-state index >= 15 is 0 Å². The van der Waals surface area contributed by atoms with Crippen molar-refractivity contribution in [3.63, 3.8) is 0 Å². The lowest BCUT2D eigenvalue weighted by Crippen LogP contribution is -2.33. The minimum absolute atomic E-state index is 0.117. The molecule has 0 aliphatic carbocycles. The summed E-state index contributed by atoms with van der Waals surface area (Å²) in [6, 6.07) is 27.9. The number of likely N-dealkylation sites (N-methyl/N-ethyl adjacent to an activating group) is 1. The average molecular weight is 432 g/mol. The van der Waals surface area contributed by atoms with Crippen LogP contribution in [0.2, 0.25) is 0 Å². The van der Waals surface area contributed by atoms with Crippen LogP contribution in [0.15, 0.2) is 84.9 Å². The zero-order chi connectivity index (χ0) is 22.6. The summed E-state index contributed by atoms with van der Waals surface area (Å²) in [6.07, 6.45) is 0.676. The van der Waals surface area contributed by atoms with Crippen molar-refractivity contribution in [2.75, 3.05) is 33.7 Å². The molecule has 0 spiro atoms. The molecule has 5 nitrogen and oxygen atoms in total. The van der Waals surface area contributed by atoms with Crippen LogP contribution in [0.4, 0.5) is 0 Å². The summed E-state index contributed by atoms with van der Waals surface area (Å²) >= 11 is 0. The van der Waals surface area contributed by atoms with Gasteiger partial charge in [-0.15, -0.1) is 0 Å². The van der Waals surface area contributed by atoms with Crippen molar-refractivity contribution >= 4 is 5.91 Å². The fraction of sp³-hybridized carbons (Fsp3) is 0.296. The number of benzene rings is 3. The molecule has 168 valence electrons. The number of hydrogen-bond acceptors (Lipinski definition) is 4. The molecule has 3 aromatic rings. The first-order valence-electron chi connectivity index (χ1n) is 11.1. The van der Waals surface area contributed by atoms with Crippen LogP contribution in [0, 0.1) is 0 Å². The molecule has 0 aliphatic rings. The second-order valence-corrected chi connectivity index (χ2v) is 7.88. The van der Waals surface area contributed by atoms with E-state index < -0.39 is 0 Å². The second kappa shape index (κ2) is 12.6. The molecule has 3 aromatic carbocycles. The molecule has 0 fully saturated rings. The molecule has 0 radical (unpaired) electrons. The largest absolute Gasteiger partial charge is 0.485 e. The van der Waals surface area contributed by atoms with E-state index in [1.54, 1.807) is 0 Å². The molecule has 0 aliphatic heterocycles. The molecule has 0 bridgehead atoms. The van der Waals surface area contributed by atoms with Crippen molar-refractivity contribution in [2.24, 2.45) is 0 Å². The first kappa shape index (κ1) is 23.5. The number of nitrogens with zero attached hydrogens (tertiary/aromatic N) is 1. The summed E-state index contributed by atoms with van der Waals surface area (Å²) < 4.78 is 6.35. The van der Waals surface area contributed by atoms with Gasteiger partial charge in [-0.05, 0) is 43.9 Å². The maximum Gasteiger partial charge on any atom is 0.255 e. The number of ether oxygens (including phenoxy) is 1. The quantitative estimate of drug-likeness (QED) is 0.450. The Balaban J connectivity index is 1.60. The van der Waals surface area contributed by atoms with Gasteiger partial charge in [-0.2, -0.15) is 0 Å². The van der Waals surface area contributed by atoms with Gasteiger partial charge < -0.3 is 20.3 Å². The SMILES string of the molecule is CNCCC(Oc1ccccc1C(=O)NCCN(C)Cc1ccccc1)c1ccccc1. The lowest BCUT2D eigenvalue weighted by molar-refractivity contribution is 0.0941. The third kappa shape index (κ3) is 7.22. The Hall–Kier alpha value is -3.15. The Morgan fingerprint density at radius 1 is 0.906 bits per heavy atom. The molecular formula is C27H33N3O2. The molecule has 1 unspecified atom stereocenters. The second-order valence-electron chi connectivity index (χ2n) is 7.88. The van der Waals surface area contributed by atoms with Crippen LogP contribution in [-0.4, -0.2) is 44.5 Å². The minimum Gasteiger partial charge on any atom is -0.485 e. The summed E-state index contributed by atoms with van der Waals surface area (Å²) in [5.74, 6) is 0.488. The molecule has 0 saturated carbocycles. The highest BCUT2D eigenvalue weighted by molar-refractivity contribution is 5.96. The van der Waals surface area contributed by atoms with Crippen molar-refractivity contribution in [1.82, 2.24) is 15.5 Å². The molecule has 0 aromatic heterocycles. The van der Waals surface area contributed by atoms with Gasteiger partial charge in [-0.1, -0.05) is 72.8 Å². The van der Waals surface area contributed by atoms with Crippen molar-refractivity contribution in [2.45, 2.75) is 19.1 Å². The van der Waals surface area contributed by atoms with Gasteiger partial charge in [0.15, 0.2) is 0 Å². The van der Waals surface area contributed by atoms with Crippen molar-refractivity contribution in [1.29, 1.82) is 0 Å². The Bertz CT molecular complexity index is 947. The highest BCUT2D eigenvalue weighted by Crippen LogP contribution is 2.27. The summed E-state index contributed by atoms with van der Waals surface area (Å²) in [5.41, 5.74) is 2.91. The first-order chi connectivity index (χ1) is 15.7. The molecule has 0 saturated heterocycles. The fourth-order valence-electron chi connectivity index (χ4n) is 3.58.